The number of rotatable bonds is 7. The lowest BCUT2D eigenvalue weighted by Gasteiger charge is -2.09. The van der Waals surface area contributed by atoms with Crippen molar-refractivity contribution in [3.05, 3.63) is 41.7 Å². The molecule has 3 heterocycles. The minimum atomic E-state index is -1.14. The maximum atomic E-state index is 11.8. The van der Waals surface area contributed by atoms with Crippen LogP contribution in [0.3, 0.4) is 0 Å². The number of H-pyrrole nitrogens is 1. The summed E-state index contributed by atoms with van der Waals surface area (Å²) in [4.78, 5) is 15.8. The van der Waals surface area contributed by atoms with E-state index in [-0.39, 0.29) is 12.4 Å². The number of hydrogen-bond donors (Lipinski definition) is 5. The number of hydrogen-bond acceptors (Lipinski definition) is 10. The van der Waals surface area contributed by atoms with Gasteiger partial charge in [-0.25, -0.2) is 9.78 Å². The number of fused-ring (bicyclic) bond motifs is 1. The van der Waals surface area contributed by atoms with E-state index < -0.39 is 18.8 Å². The van der Waals surface area contributed by atoms with Crippen molar-refractivity contribution in [2.45, 2.75) is 6.10 Å². The molecule has 1 atom stereocenters. The van der Waals surface area contributed by atoms with E-state index in [2.05, 4.69) is 36.0 Å². The second-order valence-electron chi connectivity index (χ2n) is 6.29. The number of anilines is 3. The van der Waals surface area contributed by atoms with E-state index in [0.717, 1.165) is 10.9 Å². The van der Waals surface area contributed by atoms with E-state index in [9.17, 15) is 9.90 Å². The number of aliphatic hydroxyl groups is 2. The van der Waals surface area contributed by atoms with Crippen molar-refractivity contribution in [2.24, 2.45) is 0 Å². The average molecular weight is 462 g/mol. The van der Waals surface area contributed by atoms with Crippen LogP contribution in [0.15, 0.2) is 36.7 Å². The minimum Gasteiger partial charge on any atom is -0.446 e. The van der Waals surface area contributed by atoms with Crippen LogP contribution >= 0.6 is 22.9 Å². The van der Waals surface area contributed by atoms with E-state index in [1.54, 1.807) is 18.3 Å². The van der Waals surface area contributed by atoms with Crippen LogP contribution in [0.2, 0.25) is 5.02 Å². The fourth-order valence-corrected chi connectivity index (χ4v) is 3.60. The third kappa shape index (κ3) is 4.88. The number of aromatic nitrogens is 5. The van der Waals surface area contributed by atoms with Gasteiger partial charge >= 0.3 is 6.09 Å². The van der Waals surface area contributed by atoms with Crippen molar-refractivity contribution in [3.63, 3.8) is 0 Å². The molecule has 1 amide bonds. The van der Waals surface area contributed by atoms with Gasteiger partial charge in [-0.1, -0.05) is 22.9 Å². The van der Waals surface area contributed by atoms with Gasteiger partial charge in [0.1, 0.15) is 23.5 Å². The molecule has 0 saturated heterocycles. The van der Waals surface area contributed by atoms with E-state index in [4.69, 9.17) is 21.4 Å². The van der Waals surface area contributed by atoms with Gasteiger partial charge < -0.3 is 20.3 Å². The molecule has 1 unspecified atom stereocenters. The number of benzene rings is 1. The predicted octanol–water partition coefficient (Wildman–Crippen LogP) is 2.78. The zero-order valence-corrected chi connectivity index (χ0v) is 17.3. The summed E-state index contributed by atoms with van der Waals surface area (Å²) in [5.74, 6) is 0.235. The average Bonchev–Trinajstić information content (AvgIpc) is 3.44. The second kappa shape index (κ2) is 9.22. The molecule has 0 spiro atoms. The molecule has 0 aliphatic carbocycles. The van der Waals surface area contributed by atoms with E-state index >= 15 is 0 Å². The number of halogens is 1. The standard InChI is InChI=1S/C18H16ClN7O4S/c19-15-11-6-21-24-12(11)1-2-13(15)22-17-26-25-16(31-17)9-3-4-20-14(5-9)23-18(29)30-8-10(28)7-27/h1-6,10,27-28H,7-8H2,(H,21,24)(H,22,26)(H,20,23,29). The molecule has 4 rings (SSSR count). The molecule has 3 aromatic heterocycles. The first-order valence-electron chi connectivity index (χ1n) is 8.94. The second-order valence-corrected chi connectivity index (χ2v) is 7.64. The van der Waals surface area contributed by atoms with Gasteiger partial charge in [0.25, 0.3) is 0 Å². The zero-order valence-electron chi connectivity index (χ0n) is 15.7. The van der Waals surface area contributed by atoms with Crippen LogP contribution in [0.5, 0.6) is 0 Å². The Morgan fingerprint density at radius 1 is 1.32 bits per heavy atom. The first-order valence-corrected chi connectivity index (χ1v) is 10.1. The van der Waals surface area contributed by atoms with Crippen molar-refractivity contribution >= 4 is 56.6 Å². The summed E-state index contributed by atoms with van der Waals surface area (Å²) in [5.41, 5.74) is 2.18. The molecule has 13 heteroatoms. The molecule has 31 heavy (non-hydrogen) atoms. The highest BCUT2D eigenvalue weighted by Crippen LogP contribution is 2.34. The molecule has 5 N–H and O–H groups in total. The number of nitrogens with one attached hydrogen (secondary N) is 3. The van der Waals surface area contributed by atoms with Crippen LogP contribution in [0.4, 0.5) is 21.4 Å². The molecular weight excluding hydrogens is 446 g/mol. The van der Waals surface area contributed by atoms with Gasteiger partial charge in [-0.3, -0.25) is 10.4 Å². The van der Waals surface area contributed by atoms with Crippen molar-refractivity contribution in [2.75, 3.05) is 23.8 Å². The topological polar surface area (TPSA) is 158 Å². The number of nitrogens with zero attached hydrogens (tertiary/aromatic N) is 4. The summed E-state index contributed by atoms with van der Waals surface area (Å²) in [6.07, 6.45) is 1.21. The molecule has 4 aromatic rings. The zero-order chi connectivity index (χ0) is 21.8. The van der Waals surface area contributed by atoms with E-state index in [1.807, 2.05) is 12.1 Å². The first kappa shape index (κ1) is 20.9. The normalized spacial score (nSPS) is 12.0. The Hall–Kier alpha value is -3.32. The lowest BCUT2D eigenvalue weighted by atomic mass is 10.2. The SMILES string of the molecule is O=C(Nc1cc(-c2nnc(Nc3ccc4[nH]ncc4c3Cl)s2)ccn1)OCC(O)CO. The monoisotopic (exact) mass is 461 g/mol. The number of aliphatic hydroxyl groups excluding tert-OH is 2. The minimum absolute atomic E-state index is 0.235. The van der Waals surface area contributed by atoms with Crippen molar-refractivity contribution in [3.8, 4) is 10.6 Å². The maximum absolute atomic E-state index is 11.8. The predicted molar refractivity (Wildman–Crippen MR) is 116 cm³/mol. The largest absolute Gasteiger partial charge is 0.446 e. The Morgan fingerprint density at radius 2 is 2.19 bits per heavy atom. The van der Waals surface area contributed by atoms with Gasteiger partial charge in [0, 0.05) is 17.1 Å². The van der Waals surface area contributed by atoms with Crippen LogP contribution in [0, 0.1) is 0 Å². The lowest BCUT2D eigenvalue weighted by Crippen LogP contribution is -2.24. The molecule has 1 aromatic carbocycles. The fourth-order valence-electron chi connectivity index (χ4n) is 2.58. The molecule has 0 saturated carbocycles. The smallest absolute Gasteiger partial charge is 0.412 e. The number of aromatic amines is 1. The third-order valence-corrected chi connectivity index (χ3v) is 5.37. The summed E-state index contributed by atoms with van der Waals surface area (Å²) in [5, 5.41) is 41.1. The number of carbonyl (C=O) groups is 1. The van der Waals surface area contributed by atoms with Crippen molar-refractivity contribution < 1.29 is 19.7 Å². The molecule has 0 aliphatic heterocycles. The van der Waals surface area contributed by atoms with Crippen LogP contribution in [-0.4, -0.2) is 61.0 Å². The van der Waals surface area contributed by atoms with Gasteiger partial charge in [0.15, 0.2) is 0 Å². The van der Waals surface area contributed by atoms with Gasteiger partial charge in [-0.05, 0) is 24.3 Å². The summed E-state index contributed by atoms with van der Waals surface area (Å²) in [6.45, 7) is -0.837. The molecular formula is C18H16ClN7O4S. The fraction of sp³-hybridized carbons (Fsp3) is 0.167. The first-order chi connectivity index (χ1) is 15.0. The van der Waals surface area contributed by atoms with Crippen LogP contribution < -0.4 is 10.6 Å². The maximum Gasteiger partial charge on any atom is 0.412 e. The highest BCUT2D eigenvalue weighted by atomic mass is 35.5. The lowest BCUT2D eigenvalue weighted by molar-refractivity contribution is 0.0362. The van der Waals surface area contributed by atoms with E-state index in [0.29, 0.717) is 26.4 Å². The summed E-state index contributed by atoms with van der Waals surface area (Å²) in [7, 11) is 0. The number of carbonyl (C=O) groups excluding carboxylic acids is 1. The van der Waals surface area contributed by atoms with Crippen LogP contribution in [0.1, 0.15) is 0 Å². The van der Waals surface area contributed by atoms with Gasteiger partial charge in [0.05, 0.1) is 29.0 Å². The van der Waals surface area contributed by atoms with Crippen LogP contribution in [0.25, 0.3) is 21.5 Å². The molecule has 0 radical (unpaired) electrons. The summed E-state index contributed by atoms with van der Waals surface area (Å²) in [6, 6.07) is 7.01. The van der Waals surface area contributed by atoms with Gasteiger partial charge in [0.2, 0.25) is 5.13 Å². The number of amides is 1. The summed E-state index contributed by atoms with van der Waals surface area (Å²) < 4.78 is 4.80. The summed E-state index contributed by atoms with van der Waals surface area (Å²) >= 11 is 7.72. The van der Waals surface area contributed by atoms with Crippen molar-refractivity contribution in [1.29, 1.82) is 0 Å². The molecule has 0 aliphatic rings. The molecule has 0 fully saturated rings. The number of pyridine rings is 1. The Kier molecular flexibility index (Phi) is 6.23. The van der Waals surface area contributed by atoms with Crippen LogP contribution in [-0.2, 0) is 4.74 Å². The quantitative estimate of drug-likeness (QED) is 0.279. The molecule has 11 nitrogen and oxygen atoms in total. The highest BCUT2D eigenvalue weighted by molar-refractivity contribution is 7.18. The van der Waals surface area contributed by atoms with E-state index in [1.165, 1.54) is 17.5 Å². The number of ether oxygens (including phenoxy) is 1. The van der Waals surface area contributed by atoms with Gasteiger partial charge in [-0.2, -0.15) is 5.10 Å². The Morgan fingerprint density at radius 3 is 3.03 bits per heavy atom. The third-order valence-electron chi connectivity index (χ3n) is 4.08. The van der Waals surface area contributed by atoms with Crippen molar-refractivity contribution in [1.82, 2.24) is 25.4 Å². The highest BCUT2D eigenvalue weighted by Gasteiger charge is 2.13. The Bertz CT molecular complexity index is 1210. The van der Waals surface area contributed by atoms with Gasteiger partial charge in [-0.15, -0.1) is 10.2 Å². The molecule has 160 valence electrons. The molecule has 0 bridgehead atoms. The Labute approximate surface area is 184 Å². The Balaban J connectivity index is 1.45.